The molecule has 126 valence electrons. The highest BCUT2D eigenvalue weighted by molar-refractivity contribution is 5.89. The standard InChI is InChI=1S/C17H25N3O3/c1-11-9-20(10-12(2)23-11)17(22)13(3)18-15-5-7-16(8-6-15)19-14(4)21/h5-8,11-13,18H,9-10H2,1-4H3,(H,19,21). The van der Waals surface area contributed by atoms with Crippen LogP contribution in [0, 0.1) is 0 Å². The highest BCUT2D eigenvalue weighted by Gasteiger charge is 2.28. The van der Waals surface area contributed by atoms with Crippen LogP contribution in [0.5, 0.6) is 0 Å². The lowest BCUT2D eigenvalue weighted by atomic mass is 10.2. The summed E-state index contributed by atoms with van der Waals surface area (Å²) in [6.07, 6.45) is 0.124. The predicted octanol–water partition coefficient (Wildman–Crippen LogP) is 2.08. The molecule has 0 spiro atoms. The Hall–Kier alpha value is -2.08. The average Bonchev–Trinajstić information content (AvgIpc) is 2.47. The van der Waals surface area contributed by atoms with Gasteiger partial charge in [0.2, 0.25) is 11.8 Å². The van der Waals surface area contributed by atoms with Gasteiger partial charge in [-0.3, -0.25) is 9.59 Å². The van der Waals surface area contributed by atoms with Gasteiger partial charge in [0.05, 0.1) is 12.2 Å². The van der Waals surface area contributed by atoms with E-state index in [0.717, 1.165) is 11.4 Å². The minimum atomic E-state index is -0.320. The topological polar surface area (TPSA) is 70.7 Å². The summed E-state index contributed by atoms with van der Waals surface area (Å²) in [6, 6.07) is 6.98. The molecule has 1 aliphatic rings. The first-order chi connectivity index (χ1) is 10.8. The first-order valence-corrected chi connectivity index (χ1v) is 7.93. The number of rotatable bonds is 4. The third kappa shape index (κ3) is 4.96. The van der Waals surface area contributed by atoms with Gasteiger partial charge in [0.25, 0.3) is 0 Å². The summed E-state index contributed by atoms with van der Waals surface area (Å²) in [5, 5.41) is 5.92. The molecule has 0 aliphatic carbocycles. The minimum Gasteiger partial charge on any atom is -0.374 e. The van der Waals surface area contributed by atoms with Gasteiger partial charge in [0, 0.05) is 31.4 Å². The lowest BCUT2D eigenvalue weighted by Gasteiger charge is -2.36. The molecule has 1 saturated heterocycles. The molecule has 1 heterocycles. The Morgan fingerprint density at radius 1 is 1.13 bits per heavy atom. The highest BCUT2D eigenvalue weighted by Crippen LogP contribution is 2.16. The van der Waals surface area contributed by atoms with E-state index in [9.17, 15) is 9.59 Å². The van der Waals surface area contributed by atoms with Gasteiger partial charge in [-0.15, -0.1) is 0 Å². The molecule has 6 nitrogen and oxygen atoms in total. The fraction of sp³-hybridized carbons (Fsp3) is 0.529. The molecule has 1 aromatic carbocycles. The summed E-state index contributed by atoms with van der Waals surface area (Å²) < 4.78 is 5.66. The molecule has 2 amide bonds. The second-order valence-corrected chi connectivity index (χ2v) is 6.13. The fourth-order valence-corrected chi connectivity index (χ4v) is 2.80. The van der Waals surface area contributed by atoms with Gasteiger partial charge in [-0.05, 0) is 45.0 Å². The third-order valence-electron chi connectivity index (χ3n) is 3.69. The van der Waals surface area contributed by atoms with Gasteiger partial charge in [-0.2, -0.15) is 0 Å². The van der Waals surface area contributed by atoms with E-state index in [-0.39, 0.29) is 30.1 Å². The second kappa shape index (κ2) is 7.46. The SMILES string of the molecule is CC(=O)Nc1ccc(NC(C)C(=O)N2CC(C)OC(C)C2)cc1. The van der Waals surface area contributed by atoms with E-state index < -0.39 is 0 Å². The zero-order chi connectivity index (χ0) is 17.0. The quantitative estimate of drug-likeness (QED) is 0.891. The maximum Gasteiger partial charge on any atom is 0.244 e. The van der Waals surface area contributed by atoms with Gasteiger partial charge >= 0.3 is 0 Å². The molecular weight excluding hydrogens is 294 g/mol. The van der Waals surface area contributed by atoms with E-state index in [1.54, 1.807) is 12.1 Å². The summed E-state index contributed by atoms with van der Waals surface area (Å²) in [7, 11) is 0. The van der Waals surface area contributed by atoms with Crippen molar-refractivity contribution in [2.45, 2.75) is 45.9 Å². The smallest absolute Gasteiger partial charge is 0.244 e. The summed E-state index contributed by atoms with van der Waals surface area (Å²) in [6.45, 7) is 8.53. The van der Waals surface area contributed by atoms with Crippen LogP contribution < -0.4 is 10.6 Å². The molecule has 0 radical (unpaired) electrons. The number of carbonyl (C=O) groups is 2. The van der Waals surface area contributed by atoms with Crippen molar-refractivity contribution in [3.05, 3.63) is 24.3 Å². The summed E-state index contributed by atoms with van der Waals surface area (Å²) in [5.74, 6) is -0.0391. The third-order valence-corrected chi connectivity index (χ3v) is 3.69. The van der Waals surface area contributed by atoms with Crippen molar-refractivity contribution in [3.63, 3.8) is 0 Å². The molecule has 23 heavy (non-hydrogen) atoms. The van der Waals surface area contributed by atoms with Crippen LogP contribution in [-0.2, 0) is 14.3 Å². The summed E-state index contributed by atoms with van der Waals surface area (Å²) in [4.78, 5) is 25.4. The van der Waals surface area contributed by atoms with Crippen LogP contribution in [0.1, 0.15) is 27.7 Å². The molecule has 1 aromatic rings. The number of amides is 2. The number of nitrogens with one attached hydrogen (secondary N) is 2. The Balaban J connectivity index is 1.94. The molecule has 2 rings (SSSR count). The number of morpholine rings is 1. The van der Waals surface area contributed by atoms with Crippen LogP contribution in [0.4, 0.5) is 11.4 Å². The Morgan fingerprint density at radius 3 is 2.17 bits per heavy atom. The van der Waals surface area contributed by atoms with E-state index in [2.05, 4.69) is 10.6 Å². The van der Waals surface area contributed by atoms with Crippen molar-refractivity contribution in [1.29, 1.82) is 0 Å². The molecule has 0 bridgehead atoms. The monoisotopic (exact) mass is 319 g/mol. The maximum absolute atomic E-state index is 12.6. The van der Waals surface area contributed by atoms with E-state index in [0.29, 0.717) is 13.1 Å². The van der Waals surface area contributed by atoms with Crippen molar-refractivity contribution in [1.82, 2.24) is 4.90 Å². The van der Waals surface area contributed by atoms with Crippen LogP contribution in [-0.4, -0.2) is 48.1 Å². The number of nitrogens with zero attached hydrogens (tertiary/aromatic N) is 1. The van der Waals surface area contributed by atoms with Crippen LogP contribution >= 0.6 is 0 Å². The molecule has 0 saturated carbocycles. The van der Waals surface area contributed by atoms with Gasteiger partial charge < -0.3 is 20.3 Å². The molecular formula is C17H25N3O3. The Kier molecular flexibility index (Phi) is 5.60. The normalized spacial score (nSPS) is 22.3. The zero-order valence-corrected chi connectivity index (χ0v) is 14.1. The zero-order valence-electron chi connectivity index (χ0n) is 14.1. The minimum absolute atomic E-state index is 0.0619. The van der Waals surface area contributed by atoms with Crippen molar-refractivity contribution in [2.24, 2.45) is 0 Å². The molecule has 1 fully saturated rings. The van der Waals surface area contributed by atoms with Crippen molar-refractivity contribution in [2.75, 3.05) is 23.7 Å². The average molecular weight is 319 g/mol. The van der Waals surface area contributed by atoms with E-state index in [1.807, 2.05) is 37.8 Å². The maximum atomic E-state index is 12.6. The van der Waals surface area contributed by atoms with Crippen molar-refractivity contribution < 1.29 is 14.3 Å². The second-order valence-electron chi connectivity index (χ2n) is 6.13. The molecule has 3 unspecified atom stereocenters. The highest BCUT2D eigenvalue weighted by atomic mass is 16.5. The number of anilines is 2. The number of benzene rings is 1. The number of carbonyl (C=O) groups excluding carboxylic acids is 2. The summed E-state index contributed by atoms with van der Waals surface area (Å²) >= 11 is 0. The van der Waals surface area contributed by atoms with Crippen LogP contribution in [0.15, 0.2) is 24.3 Å². The number of hydrogen-bond donors (Lipinski definition) is 2. The van der Waals surface area contributed by atoms with Crippen LogP contribution in [0.3, 0.4) is 0 Å². The fourth-order valence-electron chi connectivity index (χ4n) is 2.80. The van der Waals surface area contributed by atoms with E-state index in [1.165, 1.54) is 6.92 Å². The Labute approximate surface area is 137 Å². The van der Waals surface area contributed by atoms with Crippen molar-refractivity contribution in [3.8, 4) is 0 Å². The van der Waals surface area contributed by atoms with Gasteiger partial charge in [0.15, 0.2) is 0 Å². The Bertz CT molecular complexity index is 549. The largest absolute Gasteiger partial charge is 0.374 e. The Morgan fingerprint density at radius 2 is 1.65 bits per heavy atom. The van der Waals surface area contributed by atoms with Gasteiger partial charge in [0.1, 0.15) is 6.04 Å². The van der Waals surface area contributed by atoms with Crippen LogP contribution in [0.2, 0.25) is 0 Å². The van der Waals surface area contributed by atoms with Crippen molar-refractivity contribution >= 4 is 23.2 Å². The molecule has 0 aromatic heterocycles. The lowest BCUT2D eigenvalue weighted by Crippen LogP contribution is -2.52. The first-order valence-electron chi connectivity index (χ1n) is 7.93. The lowest BCUT2D eigenvalue weighted by molar-refractivity contribution is -0.143. The van der Waals surface area contributed by atoms with E-state index in [4.69, 9.17) is 4.74 Å². The number of hydrogen-bond acceptors (Lipinski definition) is 4. The number of ether oxygens (including phenoxy) is 1. The molecule has 3 atom stereocenters. The summed E-state index contributed by atoms with van der Waals surface area (Å²) in [5.41, 5.74) is 1.58. The van der Waals surface area contributed by atoms with E-state index >= 15 is 0 Å². The molecule has 1 aliphatic heterocycles. The van der Waals surface area contributed by atoms with Crippen LogP contribution in [0.25, 0.3) is 0 Å². The predicted molar refractivity (Wildman–Crippen MR) is 90.4 cm³/mol. The molecule has 6 heteroatoms. The first kappa shape index (κ1) is 17.3. The van der Waals surface area contributed by atoms with Gasteiger partial charge in [-0.25, -0.2) is 0 Å². The van der Waals surface area contributed by atoms with Gasteiger partial charge in [-0.1, -0.05) is 0 Å². The molecule has 2 N–H and O–H groups in total.